The van der Waals surface area contributed by atoms with E-state index in [0.29, 0.717) is 17.8 Å². The molecule has 2 atom stereocenters. The zero-order valence-electron chi connectivity index (χ0n) is 4.55. The SMILES string of the molecule is [C]#CC1C2COCC12. The van der Waals surface area contributed by atoms with Crippen molar-refractivity contribution in [1.82, 2.24) is 0 Å². The minimum Gasteiger partial charge on any atom is -0.381 e. The van der Waals surface area contributed by atoms with Crippen LogP contribution in [0.3, 0.4) is 0 Å². The van der Waals surface area contributed by atoms with Crippen LogP contribution in [0.2, 0.25) is 0 Å². The molecule has 1 saturated heterocycles. The number of ether oxygens (including phenoxy) is 1. The third kappa shape index (κ3) is 0.367. The summed E-state index contributed by atoms with van der Waals surface area (Å²) >= 11 is 0. The van der Waals surface area contributed by atoms with Gasteiger partial charge in [-0.2, -0.15) is 0 Å². The molecule has 0 bridgehead atoms. The van der Waals surface area contributed by atoms with Crippen molar-refractivity contribution in [1.29, 1.82) is 0 Å². The Hall–Kier alpha value is -0.480. The summed E-state index contributed by atoms with van der Waals surface area (Å²) in [6, 6.07) is 0. The molecule has 2 rings (SSSR count). The third-order valence-corrected chi connectivity index (χ3v) is 2.12. The molecule has 0 aromatic rings. The minimum absolute atomic E-state index is 0.462. The normalized spacial score (nSPS) is 50.1. The van der Waals surface area contributed by atoms with Crippen LogP contribution in [0.4, 0.5) is 0 Å². The topological polar surface area (TPSA) is 9.23 Å². The highest BCUT2D eigenvalue weighted by Gasteiger charge is 2.53. The first-order valence-corrected chi connectivity index (χ1v) is 2.93. The number of fused-ring (bicyclic) bond motifs is 1. The Balaban J connectivity index is 2.06. The van der Waals surface area contributed by atoms with E-state index in [0.717, 1.165) is 13.2 Å². The Bertz CT molecular complexity index is 135. The van der Waals surface area contributed by atoms with Crippen LogP contribution < -0.4 is 0 Å². The molecule has 1 radical (unpaired) electrons. The molecular weight excluding hydrogens is 100 g/mol. The molecule has 1 heteroatoms. The van der Waals surface area contributed by atoms with Crippen molar-refractivity contribution >= 4 is 0 Å². The molecule has 2 unspecified atom stereocenters. The Morgan fingerprint density at radius 1 is 1.38 bits per heavy atom. The van der Waals surface area contributed by atoms with Crippen molar-refractivity contribution in [3.8, 4) is 5.92 Å². The number of hydrogen-bond acceptors (Lipinski definition) is 1. The van der Waals surface area contributed by atoms with Crippen LogP contribution in [0.1, 0.15) is 0 Å². The van der Waals surface area contributed by atoms with E-state index in [-0.39, 0.29) is 0 Å². The van der Waals surface area contributed by atoms with Gasteiger partial charge in [0.05, 0.1) is 13.2 Å². The first-order valence-electron chi connectivity index (χ1n) is 2.93. The van der Waals surface area contributed by atoms with E-state index in [1.165, 1.54) is 0 Å². The average Bonchev–Trinajstić information content (AvgIpc) is 2.22. The second-order valence-corrected chi connectivity index (χ2v) is 2.54. The summed E-state index contributed by atoms with van der Waals surface area (Å²) in [5.74, 6) is 4.32. The van der Waals surface area contributed by atoms with Gasteiger partial charge in [0.2, 0.25) is 0 Å². The van der Waals surface area contributed by atoms with Gasteiger partial charge in [0, 0.05) is 17.8 Å². The van der Waals surface area contributed by atoms with Gasteiger partial charge in [-0.3, -0.25) is 0 Å². The highest BCUT2D eigenvalue weighted by molar-refractivity contribution is 5.12. The predicted octanol–water partition coefficient (Wildman–Crippen LogP) is 0.469. The summed E-state index contributed by atoms with van der Waals surface area (Å²) in [4.78, 5) is 0. The van der Waals surface area contributed by atoms with Gasteiger partial charge in [-0.05, 0) is 6.42 Å². The first-order chi connectivity index (χ1) is 3.93. The Morgan fingerprint density at radius 3 is 2.38 bits per heavy atom. The van der Waals surface area contributed by atoms with E-state index < -0.39 is 0 Å². The molecule has 1 aliphatic heterocycles. The minimum atomic E-state index is 0.462. The fourth-order valence-electron chi connectivity index (χ4n) is 1.45. The van der Waals surface area contributed by atoms with Crippen LogP contribution in [-0.4, -0.2) is 13.2 Å². The van der Waals surface area contributed by atoms with Gasteiger partial charge in [-0.25, -0.2) is 0 Å². The second kappa shape index (κ2) is 1.27. The van der Waals surface area contributed by atoms with E-state index in [9.17, 15) is 0 Å². The molecule has 0 aromatic carbocycles. The number of hydrogen-bond donors (Lipinski definition) is 0. The van der Waals surface area contributed by atoms with Gasteiger partial charge < -0.3 is 4.74 Å². The fraction of sp³-hybridized carbons (Fsp3) is 0.714. The number of rotatable bonds is 0. The van der Waals surface area contributed by atoms with E-state index >= 15 is 0 Å². The summed E-state index contributed by atoms with van der Waals surface area (Å²) in [5, 5.41) is 0. The zero-order chi connectivity index (χ0) is 5.56. The second-order valence-electron chi connectivity index (χ2n) is 2.54. The quantitative estimate of drug-likeness (QED) is 0.409. The van der Waals surface area contributed by atoms with Crippen molar-refractivity contribution < 1.29 is 4.74 Å². The molecule has 8 heavy (non-hydrogen) atoms. The molecule has 1 aliphatic carbocycles. The van der Waals surface area contributed by atoms with Crippen molar-refractivity contribution in [2.75, 3.05) is 13.2 Å². The van der Waals surface area contributed by atoms with Crippen LogP contribution in [0.15, 0.2) is 0 Å². The highest BCUT2D eigenvalue weighted by atomic mass is 16.5. The Morgan fingerprint density at radius 2 is 2.00 bits per heavy atom. The standard InChI is InChI=1S/C7H7O/c1-2-5-6-3-8-4-7(5)6/h5-7H,3-4H2. The van der Waals surface area contributed by atoms with Gasteiger partial charge in [-0.1, -0.05) is 5.92 Å². The summed E-state index contributed by atoms with van der Waals surface area (Å²) in [6.07, 6.45) is 6.81. The molecule has 0 amide bonds. The largest absolute Gasteiger partial charge is 0.381 e. The van der Waals surface area contributed by atoms with Crippen molar-refractivity contribution in [3.63, 3.8) is 0 Å². The van der Waals surface area contributed by atoms with Crippen molar-refractivity contribution in [2.24, 2.45) is 17.8 Å². The maximum absolute atomic E-state index is 6.81. The van der Waals surface area contributed by atoms with Gasteiger partial charge in [-0.15, -0.1) is 0 Å². The zero-order valence-corrected chi connectivity index (χ0v) is 4.55. The maximum atomic E-state index is 6.81. The molecular formula is C7H7O. The molecule has 1 nitrogen and oxygen atoms in total. The van der Waals surface area contributed by atoms with Crippen LogP contribution in [0.25, 0.3) is 0 Å². The molecule has 1 saturated carbocycles. The molecule has 41 valence electrons. The molecule has 2 aliphatic rings. The lowest BCUT2D eigenvalue weighted by molar-refractivity contribution is 0.158. The Labute approximate surface area is 49.0 Å². The van der Waals surface area contributed by atoms with E-state index in [4.69, 9.17) is 11.2 Å². The third-order valence-electron chi connectivity index (χ3n) is 2.12. The van der Waals surface area contributed by atoms with Crippen LogP contribution >= 0.6 is 0 Å². The van der Waals surface area contributed by atoms with Crippen LogP contribution in [0.5, 0.6) is 0 Å². The molecule has 1 heterocycles. The molecule has 0 N–H and O–H groups in total. The van der Waals surface area contributed by atoms with Crippen molar-refractivity contribution in [2.45, 2.75) is 0 Å². The average molecular weight is 107 g/mol. The smallest absolute Gasteiger partial charge is 0.0510 e. The lowest BCUT2D eigenvalue weighted by atomic mass is 10.3. The van der Waals surface area contributed by atoms with E-state index in [1.54, 1.807) is 0 Å². The summed E-state index contributed by atoms with van der Waals surface area (Å²) in [6.45, 7) is 1.75. The summed E-state index contributed by atoms with van der Waals surface area (Å²) in [5.41, 5.74) is 0. The van der Waals surface area contributed by atoms with E-state index in [1.807, 2.05) is 0 Å². The lowest BCUT2D eigenvalue weighted by Gasteiger charge is -1.93. The molecule has 0 spiro atoms. The van der Waals surface area contributed by atoms with Crippen molar-refractivity contribution in [3.05, 3.63) is 6.42 Å². The van der Waals surface area contributed by atoms with Gasteiger partial charge >= 0.3 is 0 Å². The van der Waals surface area contributed by atoms with Gasteiger partial charge in [0.15, 0.2) is 0 Å². The van der Waals surface area contributed by atoms with Crippen LogP contribution in [-0.2, 0) is 4.74 Å². The highest BCUT2D eigenvalue weighted by Crippen LogP contribution is 2.49. The predicted molar refractivity (Wildman–Crippen MR) is 28.4 cm³/mol. The maximum Gasteiger partial charge on any atom is 0.0510 e. The fourth-order valence-corrected chi connectivity index (χ4v) is 1.45. The first kappa shape index (κ1) is 4.40. The Kier molecular flexibility index (Phi) is 0.698. The van der Waals surface area contributed by atoms with Gasteiger partial charge in [0.1, 0.15) is 0 Å². The van der Waals surface area contributed by atoms with Gasteiger partial charge in [0.25, 0.3) is 0 Å². The lowest BCUT2D eigenvalue weighted by Crippen LogP contribution is -1.94. The van der Waals surface area contributed by atoms with E-state index in [2.05, 4.69) is 5.92 Å². The van der Waals surface area contributed by atoms with Crippen LogP contribution in [0, 0.1) is 30.1 Å². The summed E-state index contributed by atoms with van der Waals surface area (Å²) in [7, 11) is 0. The molecule has 0 aromatic heterocycles. The monoisotopic (exact) mass is 107 g/mol. The summed E-state index contributed by atoms with van der Waals surface area (Å²) < 4.78 is 5.12. The molecule has 2 fully saturated rings.